The lowest BCUT2D eigenvalue weighted by atomic mass is 9.69. The predicted molar refractivity (Wildman–Crippen MR) is 108 cm³/mol. The zero-order chi connectivity index (χ0) is 18.4. The fraction of sp³-hybridized carbons (Fsp3) is 0.632. The van der Waals surface area contributed by atoms with Crippen LogP contribution in [0.4, 0.5) is 0 Å². The van der Waals surface area contributed by atoms with Crippen LogP contribution in [0.5, 0.6) is 0 Å². The smallest absolute Gasteiger partial charge is 0.399 e. The lowest BCUT2D eigenvalue weighted by molar-refractivity contribution is 0.00578. The second-order valence-electron chi connectivity index (χ2n) is 8.22. The summed E-state index contributed by atoms with van der Waals surface area (Å²) in [5.41, 5.74) is 1.75. The molecule has 1 saturated heterocycles. The van der Waals surface area contributed by atoms with Gasteiger partial charge in [-0.3, -0.25) is 5.01 Å². The second kappa shape index (κ2) is 7.21. The molecular weight excluding hydrogens is 327 g/mol. The van der Waals surface area contributed by atoms with Crippen molar-refractivity contribution in [3.8, 4) is 0 Å². The molecule has 1 aliphatic heterocycles. The van der Waals surface area contributed by atoms with Crippen LogP contribution in [-0.4, -0.2) is 36.2 Å². The Balaban J connectivity index is 0.00000243. The Bertz CT molecular complexity index is 636. The molecule has 3 rings (SSSR count). The molecule has 7 heteroatoms. The van der Waals surface area contributed by atoms with E-state index in [0.717, 1.165) is 24.1 Å². The summed E-state index contributed by atoms with van der Waals surface area (Å²) in [6, 6.07) is 8.56. The minimum atomic E-state index is -0.316. The number of nitrogens with two attached hydrogens (primary N) is 2. The zero-order valence-electron chi connectivity index (χ0n) is 15.8. The van der Waals surface area contributed by atoms with Gasteiger partial charge in [0, 0.05) is 13.0 Å². The van der Waals surface area contributed by atoms with Crippen molar-refractivity contribution in [3.63, 3.8) is 0 Å². The first-order chi connectivity index (χ1) is 11.6. The van der Waals surface area contributed by atoms with Crippen molar-refractivity contribution >= 4 is 18.4 Å². The van der Waals surface area contributed by atoms with E-state index >= 15 is 0 Å². The zero-order valence-corrected chi connectivity index (χ0v) is 15.8. The molecule has 4 N–H and O–H groups in total. The van der Waals surface area contributed by atoms with Gasteiger partial charge in [-0.1, -0.05) is 31.7 Å². The van der Waals surface area contributed by atoms with E-state index in [1.165, 1.54) is 10.6 Å². The lowest BCUT2D eigenvalue weighted by Crippen LogP contribution is -2.43. The summed E-state index contributed by atoms with van der Waals surface area (Å²) in [5.74, 6) is 12.8. The number of hydrogen-bond acceptors (Lipinski definition) is 5. The van der Waals surface area contributed by atoms with Crippen molar-refractivity contribution in [2.24, 2.45) is 22.7 Å². The summed E-state index contributed by atoms with van der Waals surface area (Å²) >= 11 is 0. The van der Waals surface area contributed by atoms with Crippen LogP contribution in [0, 0.1) is 5.92 Å². The first-order valence-corrected chi connectivity index (χ1v) is 8.86. The maximum atomic E-state index is 6.11. The Morgan fingerprint density at radius 1 is 1.12 bits per heavy atom. The minimum absolute atomic E-state index is 0. The van der Waals surface area contributed by atoms with E-state index in [0.29, 0.717) is 11.8 Å². The molecule has 1 heterocycles. The van der Waals surface area contributed by atoms with Crippen molar-refractivity contribution in [2.45, 2.75) is 65.1 Å². The maximum Gasteiger partial charge on any atom is 0.494 e. The van der Waals surface area contributed by atoms with Crippen molar-refractivity contribution in [2.75, 3.05) is 7.05 Å². The van der Waals surface area contributed by atoms with Crippen molar-refractivity contribution < 1.29 is 9.31 Å². The summed E-state index contributed by atoms with van der Waals surface area (Å²) in [6.45, 7) is 8.28. The van der Waals surface area contributed by atoms with Crippen molar-refractivity contribution in [1.29, 1.82) is 0 Å². The van der Waals surface area contributed by atoms with Crippen molar-refractivity contribution in [3.05, 3.63) is 29.8 Å². The summed E-state index contributed by atoms with van der Waals surface area (Å²) in [6.07, 6.45) is 2.04. The van der Waals surface area contributed by atoms with Gasteiger partial charge in [-0.2, -0.15) is 5.10 Å². The van der Waals surface area contributed by atoms with Crippen LogP contribution in [0.3, 0.4) is 0 Å². The van der Waals surface area contributed by atoms with E-state index in [4.69, 9.17) is 21.0 Å². The highest BCUT2D eigenvalue weighted by Gasteiger charge is 2.51. The van der Waals surface area contributed by atoms with E-state index in [-0.39, 0.29) is 25.7 Å². The van der Waals surface area contributed by atoms with Crippen LogP contribution in [0.1, 0.15) is 59.4 Å². The number of benzene rings is 1. The number of amidine groups is 1. The first kappa shape index (κ1) is 20.7. The summed E-state index contributed by atoms with van der Waals surface area (Å²) < 4.78 is 12.2. The van der Waals surface area contributed by atoms with Crippen molar-refractivity contribution in [1.82, 2.24) is 5.01 Å². The van der Waals surface area contributed by atoms with Gasteiger partial charge in [0.2, 0.25) is 0 Å². The number of hydrazone groups is 1. The van der Waals surface area contributed by atoms with Gasteiger partial charge in [0.15, 0.2) is 0 Å². The SMILES string of the molecule is C.CN(N)/C(=N\N)C1CC(c2ccc(B3OC(C)(C)C(C)(C)O3)cc2)C1. The second-order valence-corrected chi connectivity index (χ2v) is 8.22. The molecule has 2 aliphatic rings. The molecule has 2 fully saturated rings. The number of rotatable bonds is 3. The summed E-state index contributed by atoms with van der Waals surface area (Å²) in [4.78, 5) is 0. The highest BCUT2D eigenvalue weighted by molar-refractivity contribution is 6.62. The third-order valence-corrected chi connectivity index (χ3v) is 5.93. The standard InChI is InChI=1S/C18H29BN4O2.CH4/c1-17(2)18(3,4)25-19(24-17)15-8-6-12(7-9-15)13-10-14(11-13)16(22-20)23(5)21;/h6-9,13-14H,10-11,20-21H2,1-5H3;1H4/b22-16-;. The normalized spacial score (nSPS) is 26.8. The highest BCUT2D eigenvalue weighted by atomic mass is 16.7. The van der Waals surface area contributed by atoms with Crippen LogP contribution in [0.2, 0.25) is 0 Å². The van der Waals surface area contributed by atoms with Crippen LogP contribution in [0.15, 0.2) is 29.4 Å². The first-order valence-electron chi connectivity index (χ1n) is 8.86. The molecular formula is C19H33BN4O2. The van der Waals surface area contributed by atoms with E-state index < -0.39 is 0 Å². The van der Waals surface area contributed by atoms with E-state index in [9.17, 15) is 0 Å². The maximum absolute atomic E-state index is 6.11. The van der Waals surface area contributed by atoms with Gasteiger partial charge >= 0.3 is 7.12 Å². The van der Waals surface area contributed by atoms with Gasteiger partial charge in [0.1, 0.15) is 5.84 Å². The molecule has 144 valence electrons. The lowest BCUT2D eigenvalue weighted by Gasteiger charge is -2.37. The fourth-order valence-electron chi connectivity index (χ4n) is 3.49. The number of nitrogens with zero attached hydrogens (tertiary/aromatic N) is 2. The Morgan fingerprint density at radius 2 is 1.62 bits per heavy atom. The molecule has 0 bridgehead atoms. The Kier molecular flexibility index (Phi) is 5.76. The van der Waals surface area contributed by atoms with E-state index in [1.54, 1.807) is 7.05 Å². The molecule has 0 unspecified atom stereocenters. The van der Waals surface area contributed by atoms with Gasteiger partial charge in [0.05, 0.1) is 11.2 Å². The topological polar surface area (TPSA) is 86.1 Å². The molecule has 0 atom stereocenters. The van der Waals surface area contributed by atoms with Crippen LogP contribution < -0.4 is 17.1 Å². The number of hydrazine groups is 1. The average Bonchev–Trinajstić information content (AvgIpc) is 2.70. The van der Waals surface area contributed by atoms with Gasteiger partial charge in [-0.15, -0.1) is 0 Å². The highest BCUT2D eigenvalue weighted by Crippen LogP contribution is 2.42. The van der Waals surface area contributed by atoms with E-state index in [2.05, 4.69) is 57.1 Å². The molecule has 0 radical (unpaired) electrons. The third kappa shape index (κ3) is 3.61. The van der Waals surface area contributed by atoms with E-state index in [1.807, 2.05) is 0 Å². The quantitative estimate of drug-likeness (QED) is 0.284. The largest absolute Gasteiger partial charge is 0.494 e. The molecule has 26 heavy (non-hydrogen) atoms. The molecule has 1 aromatic rings. The van der Waals surface area contributed by atoms with Gasteiger partial charge < -0.3 is 15.2 Å². The fourth-order valence-corrected chi connectivity index (χ4v) is 3.49. The third-order valence-electron chi connectivity index (χ3n) is 5.93. The molecule has 1 aliphatic carbocycles. The minimum Gasteiger partial charge on any atom is -0.399 e. The van der Waals surface area contributed by atoms with Crippen LogP contribution in [-0.2, 0) is 9.31 Å². The van der Waals surface area contributed by atoms with Gasteiger partial charge in [-0.25, -0.2) is 5.84 Å². The molecule has 1 aromatic carbocycles. The predicted octanol–water partition coefficient (Wildman–Crippen LogP) is 2.19. The van der Waals surface area contributed by atoms with Gasteiger partial charge in [-0.05, 0) is 57.5 Å². The molecule has 0 aromatic heterocycles. The van der Waals surface area contributed by atoms with Crippen LogP contribution >= 0.6 is 0 Å². The monoisotopic (exact) mass is 360 g/mol. The molecule has 6 nitrogen and oxygen atoms in total. The Labute approximate surface area is 158 Å². The van der Waals surface area contributed by atoms with Crippen LogP contribution in [0.25, 0.3) is 0 Å². The van der Waals surface area contributed by atoms with Gasteiger partial charge in [0.25, 0.3) is 0 Å². The Morgan fingerprint density at radius 3 is 2.04 bits per heavy atom. The molecule has 0 spiro atoms. The Hall–Kier alpha value is -1.57. The summed E-state index contributed by atoms with van der Waals surface area (Å²) in [5, 5.41) is 5.33. The molecule has 1 saturated carbocycles. The number of hydrogen-bond donors (Lipinski definition) is 2. The average molecular weight is 360 g/mol. The summed E-state index contributed by atoms with van der Waals surface area (Å²) in [7, 11) is 1.47. The molecule has 0 amide bonds.